The third-order valence-electron chi connectivity index (χ3n) is 5.28. The van der Waals surface area contributed by atoms with Crippen molar-refractivity contribution in [2.24, 2.45) is 0 Å². The summed E-state index contributed by atoms with van der Waals surface area (Å²) >= 11 is 0. The lowest BCUT2D eigenvalue weighted by atomic mass is 9.77. The molecule has 1 fully saturated rings. The summed E-state index contributed by atoms with van der Waals surface area (Å²) in [7, 11) is 1.54. The number of H-pyrrole nitrogens is 1. The molecule has 1 N–H and O–H groups in total. The minimum atomic E-state index is -0.210. The summed E-state index contributed by atoms with van der Waals surface area (Å²) in [4.78, 5) is 34.5. The first kappa shape index (κ1) is 17.1. The number of carbonyl (C=O) groups excluding carboxylic acids is 1. The maximum Gasteiger partial charge on any atom is 0.254 e. The molecule has 1 amide bonds. The van der Waals surface area contributed by atoms with Gasteiger partial charge in [0.15, 0.2) is 0 Å². The Bertz CT molecular complexity index is 704. The van der Waals surface area contributed by atoms with Crippen molar-refractivity contribution in [3.63, 3.8) is 0 Å². The van der Waals surface area contributed by atoms with E-state index in [1.165, 1.54) is 0 Å². The van der Waals surface area contributed by atoms with Gasteiger partial charge in [-0.25, -0.2) is 4.98 Å². The number of nitrogens with zero attached hydrogens (tertiary/aromatic N) is 2. The van der Waals surface area contributed by atoms with Crippen molar-refractivity contribution in [3.8, 4) is 0 Å². The van der Waals surface area contributed by atoms with Crippen LogP contribution in [0.3, 0.4) is 0 Å². The van der Waals surface area contributed by atoms with Gasteiger partial charge in [0.1, 0.15) is 12.4 Å². The summed E-state index contributed by atoms with van der Waals surface area (Å²) in [5.41, 5.74) is 1.33. The van der Waals surface area contributed by atoms with Crippen LogP contribution in [0, 0.1) is 0 Å². The molecule has 0 radical (unpaired) electrons. The summed E-state index contributed by atoms with van der Waals surface area (Å²) in [6.45, 7) is 7.66. The highest BCUT2D eigenvalue weighted by atomic mass is 16.5. The monoisotopic (exact) mass is 333 g/mol. The summed E-state index contributed by atoms with van der Waals surface area (Å²) in [5, 5.41) is 0. The molecular weight excluding hydrogens is 306 g/mol. The van der Waals surface area contributed by atoms with Crippen LogP contribution in [0.5, 0.6) is 0 Å². The standard InChI is InChI=1S/C18H27N3O3/c1-17(2,3)16-19-14-12(15(23)20-16)6-8-18(14)7-5-9-21(11-18)13(22)10-24-4/h5-11H2,1-4H3,(H,19,20,23). The van der Waals surface area contributed by atoms with Crippen LogP contribution in [0.2, 0.25) is 0 Å². The molecule has 2 heterocycles. The van der Waals surface area contributed by atoms with Crippen molar-refractivity contribution < 1.29 is 9.53 Å². The van der Waals surface area contributed by atoms with E-state index in [0.717, 1.165) is 49.3 Å². The zero-order chi connectivity index (χ0) is 17.5. The molecule has 1 atom stereocenters. The molecule has 2 aliphatic rings. The lowest BCUT2D eigenvalue weighted by Crippen LogP contribution is -2.49. The van der Waals surface area contributed by atoms with Gasteiger partial charge in [-0.3, -0.25) is 9.59 Å². The number of likely N-dealkylation sites (tertiary alicyclic amines) is 1. The van der Waals surface area contributed by atoms with Crippen molar-refractivity contribution >= 4 is 5.91 Å². The second-order valence-corrected chi connectivity index (χ2v) is 8.12. The van der Waals surface area contributed by atoms with Crippen LogP contribution in [-0.2, 0) is 26.8 Å². The molecule has 1 aromatic rings. The smallest absolute Gasteiger partial charge is 0.254 e. The van der Waals surface area contributed by atoms with Crippen molar-refractivity contribution in [1.82, 2.24) is 14.9 Å². The maximum absolute atomic E-state index is 12.5. The number of aromatic nitrogens is 2. The Morgan fingerprint density at radius 1 is 1.38 bits per heavy atom. The van der Waals surface area contributed by atoms with E-state index in [2.05, 4.69) is 25.8 Å². The fraction of sp³-hybridized carbons (Fsp3) is 0.722. The van der Waals surface area contributed by atoms with Crippen molar-refractivity contribution in [3.05, 3.63) is 27.4 Å². The predicted octanol–water partition coefficient (Wildman–Crippen LogP) is 1.52. The van der Waals surface area contributed by atoms with Crippen LogP contribution >= 0.6 is 0 Å². The van der Waals surface area contributed by atoms with E-state index in [4.69, 9.17) is 9.72 Å². The first-order chi connectivity index (χ1) is 11.3. The second-order valence-electron chi connectivity index (χ2n) is 8.12. The molecule has 1 unspecified atom stereocenters. The van der Waals surface area contributed by atoms with Crippen LogP contribution in [0.25, 0.3) is 0 Å². The average Bonchev–Trinajstić information content (AvgIpc) is 2.86. The summed E-state index contributed by atoms with van der Waals surface area (Å²) in [6.07, 6.45) is 3.56. The molecule has 1 aromatic heterocycles. The van der Waals surface area contributed by atoms with Gasteiger partial charge in [0.2, 0.25) is 5.91 Å². The number of fused-ring (bicyclic) bond motifs is 2. The fourth-order valence-electron chi connectivity index (χ4n) is 3.96. The number of hydrogen-bond acceptors (Lipinski definition) is 4. The van der Waals surface area contributed by atoms with Crippen LogP contribution in [0.4, 0.5) is 0 Å². The molecule has 1 spiro atoms. The Labute approximate surface area is 142 Å². The van der Waals surface area contributed by atoms with Gasteiger partial charge in [-0.2, -0.15) is 0 Å². The first-order valence-corrected chi connectivity index (χ1v) is 8.68. The zero-order valence-electron chi connectivity index (χ0n) is 15.1. The highest BCUT2D eigenvalue weighted by Gasteiger charge is 2.46. The molecule has 132 valence electrons. The molecule has 6 nitrogen and oxygen atoms in total. The highest BCUT2D eigenvalue weighted by Crippen LogP contribution is 2.43. The summed E-state index contributed by atoms with van der Waals surface area (Å²) < 4.78 is 5.00. The van der Waals surface area contributed by atoms with E-state index >= 15 is 0 Å². The Balaban J connectivity index is 1.99. The van der Waals surface area contributed by atoms with Crippen LogP contribution in [-0.4, -0.2) is 47.6 Å². The van der Waals surface area contributed by atoms with Gasteiger partial charge in [0.25, 0.3) is 5.56 Å². The topological polar surface area (TPSA) is 75.3 Å². The molecule has 1 aliphatic carbocycles. The van der Waals surface area contributed by atoms with Crippen molar-refractivity contribution in [2.75, 3.05) is 26.8 Å². The van der Waals surface area contributed by atoms with Crippen molar-refractivity contribution in [2.45, 2.75) is 57.3 Å². The lowest BCUT2D eigenvalue weighted by molar-refractivity contribution is -0.137. The Kier molecular flexibility index (Phi) is 4.28. The van der Waals surface area contributed by atoms with Crippen LogP contribution < -0.4 is 5.56 Å². The zero-order valence-corrected chi connectivity index (χ0v) is 15.1. The van der Waals surface area contributed by atoms with Gasteiger partial charge < -0.3 is 14.6 Å². The number of rotatable bonds is 2. The average molecular weight is 333 g/mol. The van der Waals surface area contributed by atoms with E-state index < -0.39 is 0 Å². The van der Waals surface area contributed by atoms with Gasteiger partial charge in [-0.05, 0) is 25.7 Å². The molecular formula is C18H27N3O3. The number of methoxy groups -OCH3 is 1. The van der Waals surface area contributed by atoms with Gasteiger partial charge in [0, 0.05) is 36.6 Å². The lowest BCUT2D eigenvalue weighted by Gasteiger charge is -2.40. The van der Waals surface area contributed by atoms with Gasteiger partial charge in [-0.1, -0.05) is 20.8 Å². The largest absolute Gasteiger partial charge is 0.375 e. The highest BCUT2D eigenvalue weighted by molar-refractivity contribution is 5.77. The Hall–Kier alpha value is -1.69. The third kappa shape index (κ3) is 2.88. The minimum Gasteiger partial charge on any atom is -0.375 e. The number of aromatic amines is 1. The molecule has 0 bridgehead atoms. The van der Waals surface area contributed by atoms with E-state index in [1.54, 1.807) is 7.11 Å². The quantitative estimate of drug-likeness (QED) is 0.890. The number of ether oxygens (including phenoxy) is 1. The minimum absolute atomic E-state index is 0.0119. The van der Waals surface area contributed by atoms with E-state index in [1.807, 2.05) is 4.90 Å². The predicted molar refractivity (Wildman–Crippen MR) is 91.2 cm³/mol. The maximum atomic E-state index is 12.5. The van der Waals surface area contributed by atoms with Gasteiger partial charge >= 0.3 is 0 Å². The number of hydrogen-bond donors (Lipinski definition) is 1. The fourth-order valence-corrected chi connectivity index (χ4v) is 3.96. The van der Waals surface area contributed by atoms with Crippen LogP contribution in [0.1, 0.15) is 57.1 Å². The second kappa shape index (κ2) is 5.99. The number of amides is 1. The molecule has 24 heavy (non-hydrogen) atoms. The summed E-state index contributed by atoms with van der Waals surface area (Å²) in [6, 6.07) is 0. The molecule has 3 rings (SSSR count). The number of carbonyl (C=O) groups is 1. The Morgan fingerprint density at radius 3 is 2.79 bits per heavy atom. The molecule has 1 saturated heterocycles. The third-order valence-corrected chi connectivity index (χ3v) is 5.28. The van der Waals surface area contributed by atoms with E-state index in [-0.39, 0.29) is 28.9 Å². The molecule has 0 aromatic carbocycles. The van der Waals surface area contributed by atoms with Crippen LogP contribution in [0.15, 0.2) is 4.79 Å². The molecule has 6 heteroatoms. The Morgan fingerprint density at radius 2 is 2.12 bits per heavy atom. The molecule has 0 saturated carbocycles. The van der Waals surface area contributed by atoms with E-state index in [9.17, 15) is 9.59 Å². The normalized spacial score (nSPS) is 23.6. The van der Waals surface area contributed by atoms with E-state index in [0.29, 0.717) is 6.54 Å². The first-order valence-electron chi connectivity index (χ1n) is 8.68. The van der Waals surface area contributed by atoms with Crippen molar-refractivity contribution in [1.29, 1.82) is 0 Å². The SMILES string of the molecule is COCC(=O)N1CCCC2(CCc3c2nc(C(C)(C)C)[nH]c3=O)C1. The van der Waals surface area contributed by atoms with Gasteiger partial charge in [-0.15, -0.1) is 0 Å². The molecule has 1 aliphatic heterocycles. The van der Waals surface area contributed by atoms with Gasteiger partial charge in [0.05, 0.1) is 5.69 Å². The number of nitrogens with one attached hydrogen (secondary N) is 1. The number of piperidine rings is 1. The summed E-state index contributed by atoms with van der Waals surface area (Å²) in [5.74, 6) is 0.749.